The highest BCUT2D eigenvalue weighted by Crippen LogP contribution is 2.24. The lowest BCUT2D eigenvalue weighted by molar-refractivity contribution is 0.415. The summed E-state index contributed by atoms with van der Waals surface area (Å²) >= 11 is 0. The molecule has 0 atom stereocenters. The smallest absolute Gasteiger partial charge is 0.226 e. The molecule has 0 fully saturated rings. The first kappa shape index (κ1) is 12.2. The van der Waals surface area contributed by atoms with Crippen molar-refractivity contribution in [3.63, 3.8) is 0 Å². The SMILES string of the molecule is CNc1nc(-c2ccc(OC)cc2)cn2c(N)nnc12. The summed E-state index contributed by atoms with van der Waals surface area (Å²) in [5, 5.41) is 10.9. The number of ether oxygens (including phenoxy) is 1. The molecule has 7 heteroatoms. The quantitative estimate of drug-likeness (QED) is 0.748. The van der Waals surface area contributed by atoms with Gasteiger partial charge >= 0.3 is 0 Å². The second-order valence-electron chi connectivity index (χ2n) is 4.21. The van der Waals surface area contributed by atoms with Crippen molar-refractivity contribution in [1.29, 1.82) is 0 Å². The molecule has 0 aliphatic rings. The minimum Gasteiger partial charge on any atom is -0.497 e. The number of aromatic nitrogens is 4. The van der Waals surface area contributed by atoms with Gasteiger partial charge in [0.25, 0.3) is 0 Å². The van der Waals surface area contributed by atoms with E-state index in [4.69, 9.17) is 10.5 Å². The first-order valence-electron chi connectivity index (χ1n) is 6.06. The van der Waals surface area contributed by atoms with E-state index >= 15 is 0 Å². The van der Waals surface area contributed by atoms with Gasteiger partial charge in [0, 0.05) is 18.8 Å². The van der Waals surface area contributed by atoms with Gasteiger partial charge in [0.15, 0.2) is 5.82 Å². The molecule has 3 aromatic rings. The summed E-state index contributed by atoms with van der Waals surface area (Å²) in [4.78, 5) is 4.53. The maximum absolute atomic E-state index is 5.81. The summed E-state index contributed by atoms with van der Waals surface area (Å²) in [6, 6.07) is 7.64. The largest absolute Gasteiger partial charge is 0.497 e. The van der Waals surface area contributed by atoms with Crippen LogP contribution in [0, 0.1) is 0 Å². The summed E-state index contributed by atoms with van der Waals surface area (Å²) in [5.41, 5.74) is 8.14. The lowest BCUT2D eigenvalue weighted by Gasteiger charge is -2.07. The van der Waals surface area contributed by atoms with Crippen LogP contribution in [0.1, 0.15) is 0 Å². The molecule has 1 aromatic carbocycles. The van der Waals surface area contributed by atoms with Gasteiger partial charge in [-0.25, -0.2) is 4.98 Å². The standard InChI is InChI=1S/C13H14N6O/c1-15-11-12-17-18-13(14)19(12)7-10(16-11)8-3-5-9(20-2)6-4-8/h3-7H,1-2H3,(H2,14,18)(H,15,16). The summed E-state index contributed by atoms with van der Waals surface area (Å²) in [7, 11) is 3.42. The van der Waals surface area contributed by atoms with Crippen LogP contribution in [0.5, 0.6) is 5.75 Å². The molecule has 0 bridgehead atoms. The number of hydrogen-bond donors (Lipinski definition) is 2. The van der Waals surface area contributed by atoms with Gasteiger partial charge in [0.1, 0.15) is 5.75 Å². The summed E-state index contributed by atoms with van der Waals surface area (Å²) < 4.78 is 6.86. The van der Waals surface area contributed by atoms with Crippen LogP contribution in [0.2, 0.25) is 0 Å². The van der Waals surface area contributed by atoms with Crippen molar-refractivity contribution in [3.8, 4) is 17.0 Å². The molecule has 2 aromatic heterocycles. The number of nitrogens with zero attached hydrogens (tertiary/aromatic N) is 4. The summed E-state index contributed by atoms with van der Waals surface area (Å²) in [6.45, 7) is 0. The molecule has 0 spiro atoms. The maximum Gasteiger partial charge on any atom is 0.226 e. The van der Waals surface area contributed by atoms with Gasteiger partial charge in [0.2, 0.25) is 11.6 Å². The van der Waals surface area contributed by atoms with Crippen LogP contribution in [-0.4, -0.2) is 33.7 Å². The molecule has 102 valence electrons. The van der Waals surface area contributed by atoms with Crippen molar-refractivity contribution in [2.75, 3.05) is 25.2 Å². The topological polar surface area (TPSA) is 90.4 Å². The van der Waals surface area contributed by atoms with Gasteiger partial charge in [-0.05, 0) is 24.3 Å². The Morgan fingerprint density at radius 1 is 1.20 bits per heavy atom. The molecule has 0 aliphatic heterocycles. The van der Waals surface area contributed by atoms with E-state index in [0.29, 0.717) is 17.4 Å². The molecule has 7 nitrogen and oxygen atoms in total. The third-order valence-corrected chi connectivity index (χ3v) is 3.04. The highest BCUT2D eigenvalue weighted by atomic mass is 16.5. The second kappa shape index (κ2) is 4.69. The number of nitrogen functional groups attached to an aromatic ring is 1. The zero-order valence-electron chi connectivity index (χ0n) is 11.2. The van der Waals surface area contributed by atoms with E-state index in [9.17, 15) is 0 Å². The van der Waals surface area contributed by atoms with Crippen molar-refractivity contribution in [1.82, 2.24) is 19.6 Å². The molecule has 0 amide bonds. The average Bonchev–Trinajstić information content (AvgIpc) is 2.88. The number of fused-ring (bicyclic) bond motifs is 1. The maximum atomic E-state index is 5.81. The van der Waals surface area contributed by atoms with E-state index in [-0.39, 0.29) is 0 Å². The number of hydrogen-bond acceptors (Lipinski definition) is 6. The van der Waals surface area contributed by atoms with Crippen LogP contribution in [0.3, 0.4) is 0 Å². The Hall–Kier alpha value is -2.83. The Bertz CT molecular complexity index is 749. The second-order valence-corrected chi connectivity index (χ2v) is 4.21. The van der Waals surface area contributed by atoms with Crippen molar-refractivity contribution < 1.29 is 4.74 Å². The predicted molar refractivity (Wildman–Crippen MR) is 76.7 cm³/mol. The molecule has 0 saturated carbocycles. The Labute approximate surface area is 115 Å². The van der Waals surface area contributed by atoms with Gasteiger partial charge in [-0.3, -0.25) is 4.40 Å². The highest BCUT2D eigenvalue weighted by molar-refractivity contribution is 5.70. The molecule has 3 rings (SSSR count). The van der Waals surface area contributed by atoms with E-state index in [1.165, 1.54) is 0 Å². The third kappa shape index (κ3) is 1.89. The minimum atomic E-state index is 0.327. The molecule has 20 heavy (non-hydrogen) atoms. The van der Waals surface area contributed by atoms with Crippen molar-refractivity contribution in [2.45, 2.75) is 0 Å². The first-order chi connectivity index (χ1) is 9.72. The normalized spacial score (nSPS) is 10.7. The molecular weight excluding hydrogens is 256 g/mol. The van der Waals surface area contributed by atoms with Gasteiger partial charge < -0.3 is 15.8 Å². The Balaban J connectivity index is 2.17. The van der Waals surface area contributed by atoms with Crippen molar-refractivity contribution in [3.05, 3.63) is 30.5 Å². The van der Waals surface area contributed by atoms with Crippen LogP contribution in [0.15, 0.2) is 30.5 Å². The molecular formula is C13H14N6O. The zero-order chi connectivity index (χ0) is 14.1. The van der Waals surface area contributed by atoms with Crippen LogP contribution in [0.25, 0.3) is 16.9 Å². The number of benzene rings is 1. The highest BCUT2D eigenvalue weighted by Gasteiger charge is 2.11. The monoisotopic (exact) mass is 270 g/mol. The number of rotatable bonds is 3. The number of methoxy groups -OCH3 is 1. The summed E-state index contributed by atoms with van der Waals surface area (Å²) in [6.07, 6.45) is 1.81. The molecule has 0 saturated heterocycles. The Morgan fingerprint density at radius 3 is 2.60 bits per heavy atom. The van der Waals surface area contributed by atoms with Crippen LogP contribution in [-0.2, 0) is 0 Å². The van der Waals surface area contributed by atoms with Crippen molar-refractivity contribution in [2.24, 2.45) is 0 Å². The van der Waals surface area contributed by atoms with E-state index in [2.05, 4.69) is 20.5 Å². The molecule has 2 heterocycles. The number of nitrogens with one attached hydrogen (secondary N) is 1. The van der Waals surface area contributed by atoms with Gasteiger partial charge in [-0.2, -0.15) is 0 Å². The fraction of sp³-hybridized carbons (Fsp3) is 0.154. The van der Waals surface area contributed by atoms with E-state index < -0.39 is 0 Å². The molecule has 0 aliphatic carbocycles. The third-order valence-electron chi connectivity index (χ3n) is 3.04. The van der Waals surface area contributed by atoms with Crippen LogP contribution in [0.4, 0.5) is 11.8 Å². The lowest BCUT2D eigenvalue weighted by Crippen LogP contribution is -2.01. The first-order valence-corrected chi connectivity index (χ1v) is 6.06. The molecule has 0 radical (unpaired) electrons. The predicted octanol–water partition coefficient (Wildman–Crippen LogP) is 1.42. The van der Waals surface area contributed by atoms with E-state index in [1.807, 2.05) is 30.5 Å². The number of anilines is 2. The van der Waals surface area contributed by atoms with E-state index in [0.717, 1.165) is 17.0 Å². The van der Waals surface area contributed by atoms with Gasteiger partial charge in [-0.15, -0.1) is 10.2 Å². The average molecular weight is 270 g/mol. The fourth-order valence-electron chi connectivity index (χ4n) is 1.98. The minimum absolute atomic E-state index is 0.327. The molecule has 3 N–H and O–H groups in total. The zero-order valence-corrected chi connectivity index (χ0v) is 11.2. The number of nitrogens with two attached hydrogens (primary N) is 1. The van der Waals surface area contributed by atoms with Gasteiger partial charge in [-0.1, -0.05) is 0 Å². The molecule has 0 unspecified atom stereocenters. The Morgan fingerprint density at radius 2 is 1.95 bits per heavy atom. The Kier molecular flexibility index (Phi) is 2.86. The van der Waals surface area contributed by atoms with Crippen LogP contribution >= 0.6 is 0 Å². The van der Waals surface area contributed by atoms with E-state index in [1.54, 1.807) is 18.6 Å². The van der Waals surface area contributed by atoms with Crippen LogP contribution < -0.4 is 15.8 Å². The van der Waals surface area contributed by atoms with Crippen molar-refractivity contribution >= 4 is 17.4 Å². The van der Waals surface area contributed by atoms with Gasteiger partial charge in [0.05, 0.1) is 12.8 Å². The summed E-state index contributed by atoms with van der Waals surface area (Å²) in [5.74, 6) is 1.75. The fourth-order valence-corrected chi connectivity index (χ4v) is 1.98. The lowest BCUT2D eigenvalue weighted by atomic mass is 10.1.